The Hall–Kier alpha value is 0.734. The second-order valence-corrected chi connectivity index (χ2v) is 3.24. The normalized spacial score (nSPS) is 8.89. The van der Waals surface area contributed by atoms with Crippen LogP contribution >= 0.6 is 24.8 Å². The predicted octanol–water partition coefficient (Wildman–Crippen LogP) is 4.95. The summed E-state index contributed by atoms with van der Waals surface area (Å²) in [5, 5.41) is 0. The van der Waals surface area contributed by atoms with Crippen LogP contribution in [-0.4, -0.2) is 19.0 Å². The molecule has 0 aromatic heterocycles. The van der Waals surface area contributed by atoms with Crippen molar-refractivity contribution >= 4 is 24.8 Å². The van der Waals surface area contributed by atoms with Crippen LogP contribution in [0.4, 0.5) is 0 Å². The number of rotatable bonds is 0. The molecule has 0 N–H and O–H groups in total. The van der Waals surface area contributed by atoms with Crippen LogP contribution in [-0.2, 0) is 21.7 Å². The fourth-order valence-corrected chi connectivity index (χ4v) is 0.340. The van der Waals surface area contributed by atoms with Crippen molar-refractivity contribution in [1.29, 1.82) is 0 Å². The molecular weight excluding hydrogens is 301 g/mol. The predicted molar refractivity (Wildman–Crippen MR) is 86.4 cm³/mol. The van der Waals surface area contributed by atoms with Gasteiger partial charge in [-0.2, -0.15) is 33.8 Å². The molecule has 0 atom stereocenters. The third-order valence-corrected chi connectivity index (χ3v) is 0.586. The van der Waals surface area contributed by atoms with Crippen molar-refractivity contribution in [2.24, 2.45) is 0 Å². The van der Waals surface area contributed by atoms with E-state index < -0.39 is 0 Å². The molecule has 0 unspecified atom stereocenters. The monoisotopic (exact) mass is 329 g/mol. The third kappa shape index (κ3) is 126. The van der Waals surface area contributed by atoms with Crippen molar-refractivity contribution in [3.8, 4) is 0 Å². The molecule has 0 amide bonds. The summed E-state index contributed by atoms with van der Waals surface area (Å²) in [5.74, 6) is 0. The third-order valence-electron chi connectivity index (χ3n) is 0.586. The quantitative estimate of drug-likeness (QED) is 0.449. The molecule has 0 radical (unpaired) electrons. The molecule has 0 heterocycles. The Morgan fingerprint density at radius 3 is 1.39 bits per heavy atom. The zero-order chi connectivity index (χ0) is 12.5. The molecule has 0 fully saturated rings. The maximum Gasteiger partial charge on any atom is 4.00 e. The molecule has 18 heavy (non-hydrogen) atoms. The van der Waals surface area contributed by atoms with E-state index in [-0.39, 0.29) is 46.5 Å². The van der Waals surface area contributed by atoms with E-state index in [9.17, 15) is 0 Å². The summed E-state index contributed by atoms with van der Waals surface area (Å²) < 4.78 is 0. The number of allylic oxidation sites excluding steroid dienone is 4. The Balaban J connectivity index is -0.0000000260. The van der Waals surface area contributed by atoms with Gasteiger partial charge in [-0.15, -0.1) is 31.2 Å². The van der Waals surface area contributed by atoms with E-state index in [0.29, 0.717) is 0 Å². The maximum atomic E-state index is 3.47. The zero-order valence-corrected chi connectivity index (χ0v) is 15.8. The van der Waals surface area contributed by atoms with Crippen LogP contribution in [0.1, 0.15) is 34.1 Å². The van der Waals surface area contributed by atoms with Gasteiger partial charge in [-0.05, 0) is 14.1 Å². The van der Waals surface area contributed by atoms with Gasteiger partial charge in [-0.3, -0.25) is 13.1 Å². The number of hydrogen-bond donors (Lipinski definition) is 0. The summed E-state index contributed by atoms with van der Waals surface area (Å²) in [6.45, 7) is 8.00. The molecule has 108 valence electrons. The molecule has 0 aliphatic heterocycles. The van der Waals surface area contributed by atoms with E-state index in [1.54, 1.807) is 4.90 Å². The van der Waals surface area contributed by atoms with Gasteiger partial charge in [-0.25, -0.2) is 12.2 Å². The summed E-state index contributed by atoms with van der Waals surface area (Å²) in [4.78, 5) is 1.75. The first kappa shape index (κ1) is 36.3. The fourth-order valence-electron chi connectivity index (χ4n) is 0.340. The van der Waals surface area contributed by atoms with Gasteiger partial charge >= 0.3 is 21.7 Å². The first-order chi connectivity index (χ1) is 7.06. The van der Waals surface area contributed by atoms with Gasteiger partial charge in [0.25, 0.3) is 0 Å². The molecule has 1 rings (SSSR count). The largest absolute Gasteiger partial charge is 4.00 e. The van der Waals surface area contributed by atoms with E-state index in [1.807, 2.05) is 66.8 Å². The van der Waals surface area contributed by atoms with Gasteiger partial charge in [0.1, 0.15) is 0 Å². The van der Waals surface area contributed by atoms with Crippen LogP contribution in [0.25, 0.3) is 0 Å². The molecular formula is C14H29Cl2NTi. The topological polar surface area (TPSA) is 3.24 Å². The Bertz CT molecular complexity index is 123. The minimum Gasteiger partial charge on any atom is -0.464 e. The maximum absolute atomic E-state index is 3.47. The molecule has 0 bridgehead atoms. The standard InChI is InChI=1S/C5H5.C3H8N.2C3H7.2ClH.Ti/c1-2-4-5-3-1;1-4(2)3;2*1-3-2;;;/h1-3H,4H2;1H2,2-3H3;2*3H,1-2H3;2*1H;/q4*-1;;;+4. The first-order valence-corrected chi connectivity index (χ1v) is 5.24. The van der Waals surface area contributed by atoms with Crippen molar-refractivity contribution in [3.05, 3.63) is 44.2 Å². The SMILES string of the molecule is C[CH-]C.C[CH-]C.Cl.Cl.[C-]1=CC=CC1.[CH2-]N(C)C.[Ti+4]. The molecule has 1 nitrogen and oxygen atoms in total. The van der Waals surface area contributed by atoms with E-state index in [2.05, 4.69) is 19.2 Å². The number of nitrogens with zero attached hydrogens (tertiary/aromatic N) is 1. The van der Waals surface area contributed by atoms with Gasteiger partial charge in [0.15, 0.2) is 0 Å². The molecule has 1 aliphatic rings. The van der Waals surface area contributed by atoms with Crippen LogP contribution in [0.3, 0.4) is 0 Å². The van der Waals surface area contributed by atoms with Gasteiger partial charge in [-0.1, -0.05) is 0 Å². The molecule has 0 saturated heterocycles. The average Bonchev–Trinajstić information content (AvgIpc) is 2.60. The molecule has 0 aromatic rings. The number of hydrogen-bond acceptors (Lipinski definition) is 1. The number of halogens is 2. The van der Waals surface area contributed by atoms with Crippen molar-refractivity contribution < 1.29 is 21.7 Å². The molecule has 0 spiro atoms. The first-order valence-electron chi connectivity index (χ1n) is 5.24. The van der Waals surface area contributed by atoms with E-state index in [0.717, 1.165) is 6.42 Å². The van der Waals surface area contributed by atoms with Gasteiger partial charge < -0.3 is 17.7 Å². The second-order valence-electron chi connectivity index (χ2n) is 3.24. The van der Waals surface area contributed by atoms with Crippen molar-refractivity contribution in [2.75, 3.05) is 14.1 Å². The Morgan fingerprint density at radius 1 is 1.06 bits per heavy atom. The summed E-state index contributed by atoms with van der Waals surface area (Å²) in [6.07, 6.45) is 14.0. The van der Waals surface area contributed by atoms with Crippen LogP contribution in [0.15, 0.2) is 18.2 Å². The molecule has 0 saturated carbocycles. The van der Waals surface area contributed by atoms with Crippen molar-refractivity contribution in [2.45, 2.75) is 34.1 Å². The van der Waals surface area contributed by atoms with Crippen LogP contribution in [0.5, 0.6) is 0 Å². The summed E-state index contributed by atoms with van der Waals surface area (Å²) in [7, 11) is 7.25. The van der Waals surface area contributed by atoms with Gasteiger partial charge in [0.05, 0.1) is 0 Å². The van der Waals surface area contributed by atoms with Gasteiger partial charge in [0.2, 0.25) is 0 Å². The van der Waals surface area contributed by atoms with E-state index in [1.165, 1.54) is 0 Å². The smallest absolute Gasteiger partial charge is 0.464 e. The average molecular weight is 330 g/mol. The summed E-state index contributed by atoms with van der Waals surface area (Å²) in [6, 6.07) is 0. The second kappa shape index (κ2) is 43.1. The van der Waals surface area contributed by atoms with E-state index in [4.69, 9.17) is 0 Å². The molecule has 0 aromatic carbocycles. The summed E-state index contributed by atoms with van der Waals surface area (Å²) in [5.41, 5.74) is 0. The molecule has 4 heteroatoms. The molecule has 1 aliphatic carbocycles. The Labute approximate surface area is 143 Å². The van der Waals surface area contributed by atoms with Gasteiger partial charge in [0, 0.05) is 0 Å². The Kier molecular flexibility index (Phi) is 87.0. The van der Waals surface area contributed by atoms with Crippen LogP contribution in [0, 0.1) is 26.0 Å². The van der Waals surface area contributed by atoms with Crippen LogP contribution in [0.2, 0.25) is 0 Å². The van der Waals surface area contributed by atoms with Crippen LogP contribution < -0.4 is 0 Å². The van der Waals surface area contributed by atoms with Crippen molar-refractivity contribution in [1.82, 2.24) is 4.90 Å². The summed E-state index contributed by atoms with van der Waals surface area (Å²) >= 11 is 0. The van der Waals surface area contributed by atoms with Crippen molar-refractivity contribution in [3.63, 3.8) is 0 Å². The zero-order valence-electron chi connectivity index (χ0n) is 12.6. The fraction of sp³-hybridized carbons (Fsp3) is 0.500. The Morgan fingerprint density at radius 2 is 1.33 bits per heavy atom. The van der Waals surface area contributed by atoms with E-state index >= 15 is 0 Å². The minimum atomic E-state index is 0. The minimum absolute atomic E-state index is 0.